The van der Waals surface area contributed by atoms with E-state index in [1.54, 1.807) is 35.6 Å². The molecule has 3 rings (SSSR count). The van der Waals surface area contributed by atoms with Gasteiger partial charge in [-0.05, 0) is 42.1 Å². The monoisotopic (exact) mass is 410 g/mol. The van der Waals surface area contributed by atoms with Gasteiger partial charge in [0.1, 0.15) is 0 Å². The van der Waals surface area contributed by atoms with Crippen LogP contribution in [0.25, 0.3) is 0 Å². The molecule has 1 aromatic carbocycles. The number of rotatable bonds is 8. The number of nitrogens with one attached hydrogen (secondary N) is 2. The van der Waals surface area contributed by atoms with Crippen LogP contribution in [0.2, 0.25) is 5.02 Å². The second kappa shape index (κ2) is 9.19. The van der Waals surface area contributed by atoms with Crippen LogP contribution in [-0.2, 0) is 11.2 Å². The quantitative estimate of drug-likeness (QED) is 0.529. The number of amides is 1. The van der Waals surface area contributed by atoms with Crippen molar-refractivity contribution in [2.45, 2.75) is 10.8 Å². The molecule has 0 spiro atoms. The molecule has 130 valence electrons. The Kier molecular flexibility index (Phi) is 6.69. The van der Waals surface area contributed by atoms with E-state index in [-0.39, 0.29) is 11.7 Å². The highest BCUT2D eigenvalue weighted by Gasteiger charge is 2.08. The Hall–Kier alpha value is -1.61. The van der Waals surface area contributed by atoms with E-state index in [4.69, 9.17) is 11.6 Å². The third-order valence-corrected chi connectivity index (χ3v) is 6.29. The maximum absolute atomic E-state index is 12.0. The molecule has 0 saturated heterocycles. The molecule has 0 unspecified atom stereocenters. The Labute approximate surface area is 162 Å². The van der Waals surface area contributed by atoms with Crippen LogP contribution in [0.3, 0.4) is 0 Å². The first kappa shape index (κ1) is 18.2. The van der Waals surface area contributed by atoms with Gasteiger partial charge in [-0.25, -0.2) is 0 Å². The highest BCUT2D eigenvalue weighted by Crippen LogP contribution is 2.25. The smallest absolute Gasteiger partial charge is 0.234 e. The minimum atomic E-state index is -0.0882. The molecule has 1 amide bonds. The number of nitrogens with zero attached hydrogens (tertiary/aromatic N) is 2. The van der Waals surface area contributed by atoms with Gasteiger partial charge in [-0.3, -0.25) is 4.79 Å². The summed E-state index contributed by atoms with van der Waals surface area (Å²) in [7, 11) is 0. The number of halogens is 1. The van der Waals surface area contributed by atoms with E-state index in [1.165, 1.54) is 28.0 Å². The van der Waals surface area contributed by atoms with E-state index in [2.05, 4.69) is 38.3 Å². The third-order valence-electron chi connectivity index (χ3n) is 3.09. The molecule has 2 N–H and O–H groups in total. The predicted molar refractivity (Wildman–Crippen MR) is 107 cm³/mol. The van der Waals surface area contributed by atoms with Crippen molar-refractivity contribution >= 4 is 62.8 Å². The number of hydrogen-bond donors (Lipinski definition) is 2. The van der Waals surface area contributed by atoms with Crippen LogP contribution < -0.4 is 10.6 Å². The van der Waals surface area contributed by atoms with Gasteiger partial charge in [-0.2, -0.15) is 0 Å². The maximum atomic E-state index is 12.0. The lowest BCUT2D eigenvalue weighted by Crippen LogP contribution is -2.13. The fourth-order valence-electron chi connectivity index (χ4n) is 1.94. The molecule has 3 aromatic rings. The van der Waals surface area contributed by atoms with Crippen molar-refractivity contribution in [3.63, 3.8) is 0 Å². The molecule has 0 aliphatic heterocycles. The molecule has 0 radical (unpaired) electrons. The number of thioether (sulfide) groups is 1. The fourth-order valence-corrected chi connectivity index (χ4v) is 4.36. The van der Waals surface area contributed by atoms with E-state index < -0.39 is 0 Å². The molecule has 0 aliphatic carbocycles. The molecule has 0 aliphatic rings. The van der Waals surface area contributed by atoms with Crippen molar-refractivity contribution in [1.29, 1.82) is 0 Å². The van der Waals surface area contributed by atoms with E-state index >= 15 is 0 Å². The zero-order chi connectivity index (χ0) is 17.5. The second-order valence-electron chi connectivity index (χ2n) is 4.97. The summed E-state index contributed by atoms with van der Waals surface area (Å²) in [5, 5.41) is 17.8. The van der Waals surface area contributed by atoms with Crippen molar-refractivity contribution < 1.29 is 4.79 Å². The van der Waals surface area contributed by atoms with Crippen molar-refractivity contribution in [3.05, 3.63) is 51.7 Å². The number of anilines is 2. The minimum Gasteiger partial charge on any atom is -0.360 e. The summed E-state index contributed by atoms with van der Waals surface area (Å²) in [5.74, 6) is 0.196. The summed E-state index contributed by atoms with van der Waals surface area (Å²) in [6.07, 6.45) is 0.962. The standard InChI is InChI=1S/C16H15ClN4OS3/c17-11-3-5-12(6-4-11)19-14(22)10-24-16-21-20-15(25-16)18-8-7-13-2-1-9-23-13/h1-6,9H,7-8,10H2,(H,18,20)(H,19,22). The lowest BCUT2D eigenvalue weighted by molar-refractivity contribution is -0.113. The highest BCUT2D eigenvalue weighted by molar-refractivity contribution is 8.01. The van der Waals surface area contributed by atoms with Crippen LogP contribution in [0.4, 0.5) is 10.8 Å². The SMILES string of the molecule is O=C(CSc1nnc(NCCc2cccs2)s1)Nc1ccc(Cl)cc1. The second-order valence-corrected chi connectivity index (χ2v) is 8.64. The number of benzene rings is 1. The zero-order valence-corrected chi connectivity index (χ0v) is 16.3. The van der Waals surface area contributed by atoms with Crippen molar-refractivity contribution in [2.24, 2.45) is 0 Å². The van der Waals surface area contributed by atoms with Crippen LogP contribution in [-0.4, -0.2) is 28.4 Å². The van der Waals surface area contributed by atoms with Crippen molar-refractivity contribution in [1.82, 2.24) is 10.2 Å². The van der Waals surface area contributed by atoms with E-state index in [0.717, 1.165) is 28.1 Å². The summed E-state index contributed by atoms with van der Waals surface area (Å²) < 4.78 is 0.768. The Morgan fingerprint density at radius 3 is 2.80 bits per heavy atom. The van der Waals surface area contributed by atoms with Crippen LogP contribution in [0.5, 0.6) is 0 Å². The maximum Gasteiger partial charge on any atom is 0.234 e. The van der Waals surface area contributed by atoms with Crippen LogP contribution >= 0.6 is 46.0 Å². The number of thiophene rings is 1. The van der Waals surface area contributed by atoms with E-state index in [9.17, 15) is 4.79 Å². The zero-order valence-electron chi connectivity index (χ0n) is 13.1. The highest BCUT2D eigenvalue weighted by atomic mass is 35.5. The molecule has 0 fully saturated rings. The first-order valence-corrected chi connectivity index (χ1v) is 10.5. The first-order valence-electron chi connectivity index (χ1n) is 7.47. The largest absolute Gasteiger partial charge is 0.360 e. The summed E-state index contributed by atoms with van der Waals surface area (Å²) in [4.78, 5) is 13.3. The number of carbonyl (C=O) groups is 1. The van der Waals surface area contributed by atoms with Gasteiger partial charge in [0.15, 0.2) is 4.34 Å². The number of aromatic nitrogens is 2. The molecule has 0 bridgehead atoms. The summed E-state index contributed by atoms with van der Waals surface area (Å²) in [5.41, 5.74) is 0.725. The van der Waals surface area contributed by atoms with Gasteiger partial charge in [-0.15, -0.1) is 21.5 Å². The van der Waals surface area contributed by atoms with Gasteiger partial charge in [0.05, 0.1) is 5.75 Å². The lowest BCUT2D eigenvalue weighted by Gasteiger charge is -2.03. The Morgan fingerprint density at radius 1 is 1.20 bits per heavy atom. The normalized spacial score (nSPS) is 10.6. The van der Waals surface area contributed by atoms with Gasteiger partial charge in [-0.1, -0.05) is 40.8 Å². The molecule has 2 aromatic heterocycles. The average Bonchev–Trinajstić information content (AvgIpc) is 3.27. The Bertz CT molecular complexity index is 805. The summed E-state index contributed by atoms with van der Waals surface area (Å²) in [6, 6.07) is 11.2. The Balaban J connectivity index is 1.40. The minimum absolute atomic E-state index is 0.0882. The molecular weight excluding hydrogens is 396 g/mol. The third kappa shape index (κ3) is 6.00. The Morgan fingerprint density at radius 2 is 2.04 bits per heavy atom. The van der Waals surface area contributed by atoms with Gasteiger partial charge >= 0.3 is 0 Å². The van der Waals surface area contributed by atoms with Crippen molar-refractivity contribution in [2.75, 3.05) is 22.9 Å². The molecule has 0 atom stereocenters. The molecule has 25 heavy (non-hydrogen) atoms. The molecule has 0 saturated carbocycles. The molecule has 9 heteroatoms. The van der Waals surface area contributed by atoms with Crippen LogP contribution in [0, 0.1) is 0 Å². The molecule has 2 heterocycles. The fraction of sp³-hybridized carbons (Fsp3) is 0.188. The number of carbonyl (C=O) groups excluding carboxylic acids is 1. The predicted octanol–water partition coefficient (Wildman–Crippen LogP) is 4.64. The topological polar surface area (TPSA) is 66.9 Å². The van der Waals surface area contributed by atoms with E-state index in [1.807, 2.05) is 0 Å². The molecular formula is C16H15ClN4OS3. The van der Waals surface area contributed by atoms with E-state index in [0.29, 0.717) is 5.02 Å². The van der Waals surface area contributed by atoms with Crippen molar-refractivity contribution in [3.8, 4) is 0 Å². The lowest BCUT2D eigenvalue weighted by atomic mass is 10.3. The van der Waals surface area contributed by atoms with Gasteiger partial charge in [0.2, 0.25) is 11.0 Å². The first-order chi connectivity index (χ1) is 12.2. The summed E-state index contributed by atoms with van der Waals surface area (Å²) in [6.45, 7) is 0.816. The van der Waals surface area contributed by atoms with Gasteiger partial charge in [0.25, 0.3) is 0 Å². The van der Waals surface area contributed by atoms with Crippen LogP contribution in [0.15, 0.2) is 46.1 Å². The number of hydrogen-bond acceptors (Lipinski definition) is 7. The van der Waals surface area contributed by atoms with Gasteiger partial charge < -0.3 is 10.6 Å². The summed E-state index contributed by atoms with van der Waals surface area (Å²) >= 11 is 10.4. The van der Waals surface area contributed by atoms with Gasteiger partial charge in [0, 0.05) is 22.1 Å². The van der Waals surface area contributed by atoms with Crippen LogP contribution in [0.1, 0.15) is 4.88 Å². The molecule has 5 nitrogen and oxygen atoms in total. The average molecular weight is 411 g/mol.